The largest absolute Gasteiger partial charge is 0.379 e. The molecule has 1 aromatic carbocycles. The van der Waals surface area contributed by atoms with Crippen LogP contribution in [-0.4, -0.2) is 44.9 Å². The Morgan fingerprint density at radius 1 is 1.27 bits per heavy atom. The molecule has 120 valence electrons. The summed E-state index contributed by atoms with van der Waals surface area (Å²) in [6, 6.07) is 4.38. The predicted molar refractivity (Wildman–Crippen MR) is 82.4 cm³/mol. The van der Waals surface area contributed by atoms with Crippen molar-refractivity contribution >= 4 is 33.2 Å². The third-order valence-electron chi connectivity index (χ3n) is 3.75. The summed E-state index contributed by atoms with van der Waals surface area (Å²) in [5.74, 6) is -0.0848. The van der Waals surface area contributed by atoms with E-state index >= 15 is 0 Å². The summed E-state index contributed by atoms with van der Waals surface area (Å²) in [4.78, 5) is 12.0. The van der Waals surface area contributed by atoms with Gasteiger partial charge in [0.25, 0.3) is 0 Å². The van der Waals surface area contributed by atoms with Gasteiger partial charge in [0.05, 0.1) is 28.8 Å². The summed E-state index contributed by atoms with van der Waals surface area (Å²) in [6.07, 6.45) is 1.74. The Balaban J connectivity index is 1.85. The first-order valence-corrected chi connectivity index (χ1v) is 8.98. The molecule has 1 aliphatic carbocycles. The molecule has 1 amide bonds. The lowest BCUT2D eigenvalue weighted by molar-refractivity contribution is -0.117. The van der Waals surface area contributed by atoms with E-state index in [9.17, 15) is 13.2 Å². The number of rotatable bonds is 4. The summed E-state index contributed by atoms with van der Waals surface area (Å²) < 4.78 is 31.8. The van der Waals surface area contributed by atoms with Gasteiger partial charge in [0.15, 0.2) is 0 Å². The van der Waals surface area contributed by atoms with Crippen molar-refractivity contribution in [2.45, 2.75) is 17.7 Å². The average Bonchev–Trinajstić information content (AvgIpc) is 3.35. The number of carbonyl (C=O) groups excluding carboxylic acids is 1. The second kappa shape index (κ2) is 6.16. The molecular weight excluding hydrogens is 328 g/mol. The van der Waals surface area contributed by atoms with Crippen molar-refractivity contribution in [3.05, 3.63) is 23.2 Å². The molecule has 3 rings (SSSR count). The highest BCUT2D eigenvalue weighted by Crippen LogP contribution is 2.32. The number of carbonyl (C=O) groups is 1. The Kier molecular flexibility index (Phi) is 4.40. The monoisotopic (exact) mass is 344 g/mol. The number of nitrogens with zero attached hydrogens (tertiary/aromatic N) is 1. The Morgan fingerprint density at radius 2 is 1.95 bits per heavy atom. The van der Waals surface area contributed by atoms with Gasteiger partial charge in [0.1, 0.15) is 0 Å². The van der Waals surface area contributed by atoms with Crippen LogP contribution in [0.1, 0.15) is 12.8 Å². The van der Waals surface area contributed by atoms with Crippen LogP contribution in [0, 0.1) is 5.92 Å². The highest BCUT2D eigenvalue weighted by molar-refractivity contribution is 7.89. The van der Waals surface area contributed by atoms with Crippen LogP contribution in [0.3, 0.4) is 0 Å². The maximum atomic E-state index is 12.6. The van der Waals surface area contributed by atoms with E-state index in [1.165, 1.54) is 22.5 Å². The zero-order chi connectivity index (χ0) is 15.7. The van der Waals surface area contributed by atoms with Gasteiger partial charge in [0, 0.05) is 19.0 Å². The Labute approximate surface area is 134 Å². The highest BCUT2D eigenvalue weighted by atomic mass is 35.5. The molecule has 1 N–H and O–H groups in total. The number of ether oxygens (including phenoxy) is 1. The summed E-state index contributed by atoms with van der Waals surface area (Å²) >= 11 is 6.06. The maximum Gasteiger partial charge on any atom is 0.243 e. The molecule has 22 heavy (non-hydrogen) atoms. The second-order valence-corrected chi connectivity index (χ2v) is 7.77. The van der Waals surface area contributed by atoms with E-state index in [4.69, 9.17) is 16.3 Å². The van der Waals surface area contributed by atoms with Crippen molar-refractivity contribution in [2.75, 3.05) is 31.6 Å². The lowest BCUT2D eigenvalue weighted by Crippen LogP contribution is -2.40. The Hall–Kier alpha value is -1.15. The lowest BCUT2D eigenvalue weighted by atomic mass is 10.3. The molecule has 2 fully saturated rings. The Bertz CT molecular complexity index is 682. The highest BCUT2D eigenvalue weighted by Gasteiger charge is 2.31. The summed E-state index contributed by atoms with van der Waals surface area (Å²) in [6.45, 7) is 1.43. The molecule has 1 heterocycles. The minimum Gasteiger partial charge on any atom is -0.379 e. The molecule has 8 heteroatoms. The van der Waals surface area contributed by atoms with Crippen LogP contribution in [0.4, 0.5) is 5.69 Å². The number of amides is 1. The fourth-order valence-corrected chi connectivity index (χ4v) is 3.88. The normalized spacial score (nSPS) is 19.9. The molecule has 1 saturated carbocycles. The van der Waals surface area contributed by atoms with Gasteiger partial charge in [-0.2, -0.15) is 4.31 Å². The van der Waals surface area contributed by atoms with Crippen LogP contribution >= 0.6 is 11.6 Å². The van der Waals surface area contributed by atoms with Crippen molar-refractivity contribution in [2.24, 2.45) is 5.92 Å². The second-order valence-electron chi connectivity index (χ2n) is 5.42. The molecule has 0 bridgehead atoms. The molecule has 2 aliphatic rings. The third-order valence-corrected chi connectivity index (χ3v) is 5.98. The van der Waals surface area contributed by atoms with Gasteiger partial charge < -0.3 is 10.1 Å². The van der Waals surface area contributed by atoms with E-state index in [1.54, 1.807) is 0 Å². The number of hydrogen-bond acceptors (Lipinski definition) is 4. The van der Waals surface area contributed by atoms with E-state index in [1.807, 2.05) is 0 Å². The van der Waals surface area contributed by atoms with Crippen molar-refractivity contribution in [1.82, 2.24) is 4.31 Å². The molecule has 0 unspecified atom stereocenters. The standard InChI is InChI=1S/C14H17ClN2O4S/c15-12-4-3-11(9-13(12)16-14(18)10-1-2-10)22(19,20)17-5-7-21-8-6-17/h3-4,9-10H,1-2,5-8H2,(H,16,18). The minimum atomic E-state index is -3.60. The smallest absolute Gasteiger partial charge is 0.243 e. The van der Waals surface area contributed by atoms with Gasteiger partial charge in [-0.15, -0.1) is 0 Å². The Morgan fingerprint density at radius 3 is 2.59 bits per heavy atom. The van der Waals surface area contributed by atoms with Crippen LogP contribution in [0.25, 0.3) is 0 Å². The van der Waals surface area contributed by atoms with E-state index < -0.39 is 10.0 Å². The lowest BCUT2D eigenvalue weighted by Gasteiger charge is -2.26. The average molecular weight is 345 g/mol. The third kappa shape index (κ3) is 3.27. The van der Waals surface area contributed by atoms with Gasteiger partial charge in [-0.3, -0.25) is 4.79 Å². The number of nitrogens with one attached hydrogen (secondary N) is 1. The molecule has 1 saturated heterocycles. The predicted octanol–water partition coefficient (Wildman–Crippen LogP) is 1.71. The van der Waals surface area contributed by atoms with Gasteiger partial charge in [0.2, 0.25) is 15.9 Å². The maximum absolute atomic E-state index is 12.6. The molecule has 0 atom stereocenters. The van der Waals surface area contributed by atoms with Crippen molar-refractivity contribution in [3.8, 4) is 0 Å². The first kappa shape index (κ1) is 15.7. The van der Waals surface area contributed by atoms with E-state index in [0.29, 0.717) is 37.0 Å². The summed E-state index contributed by atoms with van der Waals surface area (Å²) in [5, 5.41) is 3.04. The first-order chi connectivity index (χ1) is 10.5. The van der Waals surface area contributed by atoms with Crippen LogP contribution < -0.4 is 5.32 Å². The number of benzene rings is 1. The molecular formula is C14H17ClN2O4S. The summed E-state index contributed by atoms with van der Waals surface area (Å²) in [5.41, 5.74) is 0.341. The topological polar surface area (TPSA) is 75.7 Å². The van der Waals surface area contributed by atoms with Crippen LogP contribution in [0.15, 0.2) is 23.1 Å². The van der Waals surface area contributed by atoms with Crippen molar-refractivity contribution in [3.63, 3.8) is 0 Å². The fourth-order valence-electron chi connectivity index (χ4n) is 2.28. The molecule has 0 radical (unpaired) electrons. The van der Waals surface area contributed by atoms with Gasteiger partial charge >= 0.3 is 0 Å². The number of sulfonamides is 1. The number of halogens is 1. The van der Waals surface area contributed by atoms with Crippen LogP contribution in [-0.2, 0) is 19.6 Å². The summed E-state index contributed by atoms with van der Waals surface area (Å²) in [7, 11) is -3.60. The molecule has 6 nitrogen and oxygen atoms in total. The SMILES string of the molecule is O=C(Nc1cc(S(=O)(=O)N2CCOCC2)ccc1Cl)C1CC1. The number of anilines is 1. The number of hydrogen-bond donors (Lipinski definition) is 1. The van der Waals surface area contributed by atoms with Crippen molar-refractivity contribution < 1.29 is 17.9 Å². The fraction of sp³-hybridized carbons (Fsp3) is 0.500. The van der Waals surface area contributed by atoms with E-state index in [2.05, 4.69) is 5.32 Å². The molecule has 0 spiro atoms. The molecule has 0 aromatic heterocycles. The van der Waals surface area contributed by atoms with Gasteiger partial charge in [-0.25, -0.2) is 8.42 Å². The zero-order valence-corrected chi connectivity index (χ0v) is 13.5. The van der Waals surface area contributed by atoms with Crippen molar-refractivity contribution in [1.29, 1.82) is 0 Å². The van der Waals surface area contributed by atoms with Gasteiger partial charge in [-0.05, 0) is 31.0 Å². The van der Waals surface area contributed by atoms with Crippen LogP contribution in [0.2, 0.25) is 5.02 Å². The van der Waals surface area contributed by atoms with Crippen LogP contribution in [0.5, 0.6) is 0 Å². The van der Waals surface area contributed by atoms with Gasteiger partial charge in [-0.1, -0.05) is 11.6 Å². The molecule has 1 aromatic rings. The molecule has 1 aliphatic heterocycles. The first-order valence-electron chi connectivity index (χ1n) is 7.17. The van der Waals surface area contributed by atoms with E-state index in [0.717, 1.165) is 12.8 Å². The quantitative estimate of drug-likeness (QED) is 0.902. The minimum absolute atomic E-state index is 0.0237. The van der Waals surface area contributed by atoms with E-state index in [-0.39, 0.29) is 16.7 Å². The number of morpholine rings is 1. The zero-order valence-electron chi connectivity index (χ0n) is 11.9.